The number of aryl methyl sites for hydroxylation is 2. The largest absolute Gasteiger partial charge is 0.454 e. The van der Waals surface area contributed by atoms with Crippen molar-refractivity contribution in [3.05, 3.63) is 88.3 Å². The third kappa shape index (κ3) is 3.36. The molecule has 0 atom stereocenters. The summed E-state index contributed by atoms with van der Waals surface area (Å²) in [5.74, 6) is 2.61. The number of hydrogen-bond acceptors (Lipinski definition) is 6. The SMILES string of the molecule is Cc1ccc(-c2nc(Cn3ccn4nc(-c5ccc6c(c5)OCO6)cc4c3=O)c(C)o2)cc1. The molecule has 164 valence electrons. The molecule has 2 aromatic carbocycles. The molecule has 0 saturated heterocycles. The van der Waals surface area contributed by atoms with Crippen LogP contribution in [0, 0.1) is 13.8 Å². The molecule has 33 heavy (non-hydrogen) atoms. The molecule has 1 aliphatic heterocycles. The highest BCUT2D eigenvalue weighted by Crippen LogP contribution is 2.35. The van der Waals surface area contributed by atoms with Gasteiger partial charge < -0.3 is 18.5 Å². The zero-order valence-electron chi connectivity index (χ0n) is 18.1. The Kier molecular flexibility index (Phi) is 4.33. The Morgan fingerprint density at radius 2 is 1.73 bits per heavy atom. The molecule has 0 amide bonds. The Morgan fingerprint density at radius 3 is 2.58 bits per heavy atom. The van der Waals surface area contributed by atoms with Gasteiger partial charge in [0.1, 0.15) is 17.0 Å². The molecule has 0 aliphatic carbocycles. The Balaban J connectivity index is 1.33. The van der Waals surface area contributed by atoms with Gasteiger partial charge in [0.15, 0.2) is 11.5 Å². The van der Waals surface area contributed by atoms with Crippen LogP contribution in [0.1, 0.15) is 17.0 Å². The second-order valence-corrected chi connectivity index (χ2v) is 8.05. The molecule has 1 aliphatic rings. The summed E-state index contributed by atoms with van der Waals surface area (Å²) >= 11 is 0. The summed E-state index contributed by atoms with van der Waals surface area (Å²) in [5, 5.41) is 4.56. The van der Waals surface area contributed by atoms with Crippen molar-refractivity contribution in [1.82, 2.24) is 19.2 Å². The van der Waals surface area contributed by atoms with E-state index in [2.05, 4.69) is 10.1 Å². The van der Waals surface area contributed by atoms with Gasteiger partial charge in [-0.2, -0.15) is 5.10 Å². The molecule has 0 fully saturated rings. The summed E-state index contributed by atoms with van der Waals surface area (Å²) in [6.07, 6.45) is 3.48. The molecular formula is C25H20N4O4. The van der Waals surface area contributed by atoms with E-state index in [9.17, 15) is 4.79 Å². The van der Waals surface area contributed by atoms with Crippen LogP contribution in [0.15, 0.2) is 70.1 Å². The molecule has 6 rings (SSSR count). The fourth-order valence-corrected chi connectivity index (χ4v) is 3.90. The maximum atomic E-state index is 13.2. The summed E-state index contributed by atoms with van der Waals surface area (Å²) in [7, 11) is 0. The zero-order chi connectivity index (χ0) is 22.5. The molecule has 0 N–H and O–H groups in total. The molecule has 8 heteroatoms. The van der Waals surface area contributed by atoms with Crippen LogP contribution in [0.2, 0.25) is 0 Å². The summed E-state index contributed by atoms with van der Waals surface area (Å²) in [5.41, 5.74) is 4.64. The molecule has 0 unspecified atom stereocenters. The zero-order valence-corrected chi connectivity index (χ0v) is 18.1. The van der Waals surface area contributed by atoms with Crippen molar-refractivity contribution in [3.8, 4) is 34.2 Å². The third-order valence-corrected chi connectivity index (χ3v) is 5.78. The normalized spacial score (nSPS) is 12.5. The van der Waals surface area contributed by atoms with Gasteiger partial charge in [-0.15, -0.1) is 0 Å². The van der Waals surface area contributed by atoms with E-state index in [1.807, 2.05) is 56.3 Å². The lowest BCUT2D eigenvalue weighted by molar-refractivity contribution is 0.174. The first kappa shape index (κ1) is 19.4. The lowest BCUT2D eigenvalue weighted by Gasteiger charge is -2.04. The van der Waals surface area contributed by atoms with E-state index in [0.717, 1.165) is 11.1 Å². The quantitative estimate of drug-likeness (QED) is 0.416. The van der Waals surface area contributed by atoms with Crippen LogP contribution in [0.4, 0.5) is 0 Å². The predicted octanol–water partition coefficient (Wildman–Crippen LogP) is 4.21. The predicted molar refractivity (Wildman–Crippen MR) is 122 cm³/mol. The van der Waals surface area contributed by atoms with Crippen LogP contribution < -0.4 is 15.0 Å². The molecule has 3 aromatic heterocycles. The number of fused-ring (bicyclic) bond motifs is 2. The van der Waals surface area contributed by atoms with Crippen molar-refractivity contribution in [2.75, 3.05) is 6.79 Å². The molecule has 0 radical (unpaired) electrons. The van der Waals surface area contributed by atoms with Crippen LogP contribution in [-0.2, 0) is 6.54 Å². The minimum Gasteiger partial charge on any atom is -0.454 e. The van der Waals surface area contributed by atoms with Crippen molar-refractivity contribution < 1.29 is 13.9 Å². The average Bonchev–Trinajstić information content (AvgIpc) is 3.54. The van der Waals surface area contributed by atoms with Gasteiger partial charge in [-0.05, 0) is 50.2 Å². The van der Waals surface area contributed by atoms with Crippen molar-refractivity contribution in [2.45, 2.75) is 20.4 Å². The minimum atomic E-state index is -0.156. The fourth-order valence-electron chi connectivity index (χ4n) is 3.90. The number of ether oxygens (including phenoxy) is 2. The first-order valence-electron chi connectivity index (χ1n) is 10.6. The lowest BCUT2D eigenvalue weighted by atomic mass is 10.1. The van der Waals surface area contributed by atoms with Gasteiger partial charge in [0.05, 0.1) is 12.2 Å². The van der Waals surface area contributed by atoms with E-state index < -0.39 is 0 Å². The van der Waals surface area contributed by atoms with Crippen LogP contribution in [0.5, 0.6) is 11.5 Å². The van der Waals surface area contributed by atoms with Gasteiger partial charge in [-0.25, -0.2) is 9.50 Å². The number of benzene rings is 2. The fraction of sp³-hybridized carbons (Fsp3) is 0.160. The highest BCUT2D eigenvalue weighted by atomic mass is 16.7. The molecule has 0 spiro atoms. The lowest BCUT2D eigenvalue weighted by Crippen LogP contribution is -2.22. The first-order chi connectivity index (χ1) is 16.0. The topological polar surface area (TPSA) is 83.8 Å². The Morgan fingerprint density at radius 1 is 0.939 bits per heavy atom. The number of nitrogens with zero attached hydrogens (tertiary/aromatic N) is 4. The van der Waals surface area contributed by atoms with Crippen LogP contribution in [0.25, 0.3) is 28.2 Å². The maximum absolute atomic E-state index is 13.2. The highest BCUT2D eigenvalue weighted by Gasteiger charge is 2.17. The van der Waals surface area contributed by atoms with Gasteiger partial charge in [0.2, 0.25) is 12.7 Å². The van der Waals surface area contributed by atoms with Crippen molar-refractivity contribution in [2.24, 2.45) is 0 Å². The summed E-state index contributed by atoms with van der Waals surface area (Å²) < 4.78 is 19.9. The standard InChI is InChI=1S/C25H20N4O4/c1-15-3-5-17(6-4-15)24-26-20(16(2)33-24)13-28-9-10-29-21(25(28)30)12-19(27-29)18-7-8-22-23(11-18)32-14-31-22/h3-12H,13-14H2,1-2H3. The van der Waals surface area contributed by atoms with Crippen LogP contribution in [-0.4, -0.2) is 26.0 Å². The van der Waals surface area contributed by atoms with Gasteiger partial charge in [0, 0.05) is 23.5 Å². The van der Waals surface area contributed by atoms with Crippen molar-refractivity contribution in [1.29, 1.82) is 0 Å². The van der Waals surface area contributed by atoms with Crippen molar-refractivity contribution in [3.63, 3.8) is 0 Å². The first-order valence-corrected chi connectivity index (χ1v) is 10.6. The molecular weight excluding hydrogens is 420 g/mol. The van der Waals surface area contributed by atoms with Gasteiger partial charge in [-0.3, -0.25) is 4.79 Å². The van der Waals surface area contributed by atoms with Gasteiger partial charge in [0.25, 0.3) is 5.56 Å². The number of hydrogen-bond donors (Lipinski definition) is 0. The summed E-state index contributed by atoms with van der Waals surface area (Å²) in [6.45, 7) is 4.41. The third-order valence-electron chi connectivity index (χ3n) is 5.78. The van der Waals surface area contributed by atoms with E-state index in [1.54, 1.807) is 27.5 Å². The highest BCUT2D eigenvalue weighted by molar-refractivity contribution is 5.68. The molecule has 0 saturated carbocycles. The smallest absolute Gasteiger partial charge is 0.276 e. The Labute approximate surface area is 188 Å². The number of aromatic nitrogens is 4. The Hall–Kier alpha value is -4.33. The molecule has 8 nitrogen and oxygen atoms in total. The van der Waals surface area contributed by atoms with Gasteiger partial charge >= 0.3 is 0 Å². The summed E-state index contributed by atoms with van der Waals surface area (Å²) in [6, 6.07) is 15.4. The maximum Gasteiger partial charge on any atom is 0.276 e. The van der Waals surface area contributed by atoms with Gasteiger partial charge in [-0.1, -0.05) is 17.7 Å². The van der Waals surface area contributed by atoms with E-state index in [1.165, 1.54) is 5.56 Å². The minimum absolute atomic E-state index is 0.156. The van der Waals surface area contributed by atoms with Crippen LogP contribution >= 0.6 is 0 Å². The second-order valence-electron chi connectivity index (χ2n) is 8.05. The van der Waals surface area contributed by atoms with E-state index >= 15 is 0 Å². The number of oxazole rings is 1. The van der Waals surface area contributed by atoms with Crippen molar-refractivity contribution >= 4 is 5.52 Å². The van der Waals surface area contributed by atoms with Crippen LogP contribution in [0.3, 0.4) is 0 Å². The molecule has 5 aromatic rings. The van der Waals surface area contributed by atoms with E-state index in [-0.39, 0.29) is 12.4 Å². The Bertz CT molecular complexity index is 1560. The summed E-state index contributed by atoms with van der Waals surface area (Å²) in [4.78, 5) is 17.8. The number of rotatable bonds is 4. The van der Waals surface area contributed by atoms with E-state index in [4.69, 9.17) is 13.9 Å². The monoisotopic (exact) mass is 440 g/mol. The average molecular weight is 440 g/mol. The molecule has 4 heterocycles. The molecule has 0 bridgehead atoms. The second kappa shape index (κ2) is 7.37. The van der Waals surface area contributed by atoms with E-state index in [0.29, 0.717) is 46.6 Å².